The summed E-state index contributed by atoms with van der Waals surface area (Å²) in [4.78, 5) is 0. The quantitative estimate of drug-likeness (QED) is 0.571. The second-order valence-corrected chi connectivity index (χ2v) is 5.88. The molecule has 0 amide bonds. The van der Waals surface area contributed by atoms with Crippen molar-refractivity contribution in [1.82, 2.24) is 0 Å². The monoisotopic (exact) mass is 412 g/mol. The lowest BCUT2D eigenvalue weighted by Gasteiger charge is -2.09. The Balaban J connectivity index is 2.15. The minimum atomic E-state index is 0.658. The number of hydrazone groups is 1. The Morgan fingerprint density at radius 2 is 1.62 bits per heavy atom. The van der Waals surface area contributed by atoms with Gasteiger partial charge in [-0.15, -0.1) is 0 Å². The van der Waals surface area contributed by atoms with Crippen LogP contribution in [0, 0.1) is 0 Å². The number of rotatable bonds is 5. The zero-order chi connectivity index (χ0) is 15.2. The molecule has 0 fully saturated rings. The summed E-state index contributed by atoms with van der Waals surface area (Å²) in [5.74, 6) is 1.33. The van der Waals surface area contributed by atoms with E-state index >= 15 is 0 Å². The molecule has 2 rings (SSSR count). The lowest BCUT2D eigenvalue weighted by Crippen LogP contribution is -1.95. The summed E-state index contributed by atoms with van der Waals surface area (Å²) in [5.41, 5.74) is 4.76. The fourth-order valence-corrected chi connectivity index (χ4v) is 2.36. The van der Waals surface area contributed by atoms with Crippen molar-refractivity contribution in [3.63, 3.8) is 0 Å². The molecule has 21 heavy (non-hydrogen) atoms. The number of hydrogen-bond acceptors (Lipinski definition) is 4. The molecule has 1 N–H and O–H groups in total. The fraction of sp³-hybridized carbons (Fsp3) is 0.133. The first-order valence-corrected chi connectivity index (χ1v) is 7.69. The highest BCUT2D eigenvalue weighted by Gasteiger charge is 2.07. The molecule has 110 valence electrons. The van der Waals surface area contributed by atoms with Gasteiger partial charge in [-0.25, -0.2) is 0 Å². The van der Waals surface area contributed by atoms with Gasteiger partial charge >= 0.3 is 0 Å². The minimum Gasteiger partial charge on any atom is -0.493 e. The molecule has 4 nitrogen and oxygen atoms in total. The Morgan fingerprint density at radius 1 is 1.00 bits per heavy atom. The summed E-state index contributed by atoms with van der Waals surface area (Å²) in [7, 11) is 3.21. The van der Waals surface area contributed by atoms with Gasteiger partial charge in [0.15, 0.2) is 11.5 Å². The first-order valence-electron chi connectivity index (χ1n) is 6.10. The van der Waals surface area contributed by atoms with E-state index in [1.807, 2.05) is 36.4 Å². The molecule has 0 aliphatic carbocycles. The van der Waals surface area contributed by atoms with E-state index in [1.54, 1.807) is 20.4 Å². The van der Waals surface area contributed by atoms with Crippen LogP contribution < -0.4 is 14.9 Å². The van der Waals surface area contributed by atoms with Crippen LogP contribution in [0.25, 0.3) is 0 Å². The number of anilines is 1. The van der Waals surface area contributed by atoms with Crippen LogP contribution in [0.5, 0.6) is 11.5 Å². The highest BCUT2D eigenvalue weighted by Crippen LogP contribution is 2.32. The van der Waals surface area contributed by atoms with Crippen molar-refractivity contribution in [1.29, 1.82) is 0 Å². The molecule has 0 bridgehead atoms. The summed E-state index contributed by atoms with van der Waals surface area (Å²) < 4.78 is 12.4. The van der Waals surface area contributed by atoms with E-state index in [2.05, 4.69) is 42.4 Å². The van der Waals surface area contributed by atoms with Crippen molar-refractivity contribution < 1.29 is 9.47 Å². The predicted molar refractivity (Wildman–Crippen MR) is 92.6 cm³/mol. The second kappa shape index (κ2) is 7.47. The zero-order valence-electron chi connectivity index (χ0n) is 11.6. The Bertz CT molecular complexity index is 643. The summed E-state index contributed by atoms with van der Waals surface area (Å²) in [6.07, 6.45) is 1.72. The van der Waals surface area contributed by atoms with Gasteiger partial charge in [-0.2, -0.15) is 5.10 Å². The van der Waals surface area contributed by atoms with Crippen molar-refractivity contribution >= 4 is 43.8 Å². The molecule has 0 aromatic heterocycles. The number of hydrogen-bond donors (Lipinski definition) is 1. The molecule has 6 heteroatoms. The van der Waals surface area contributed by atoms with Crippen molar-refractivity contribution in [2.24, 2.45) is 5.10 Å². The van der Waals surface area contributed by atoms with E-state index in [0.29, 0.717) is 11.5 Å². The van der Waals surface area contributed by atoms with Gasteiger partial charge in [0.2, 0.25) is 0 Å². The number of nitrogens with zero attached hydrogens (tertiary/aromatic N) is 1. The third-order valence-corrected chi connectivity index (χ3v) is 3.96. The third kappa shape index (κ3) is 4.22. The third-order valence-electron chi connectivity index (χ3n) is 2.74. The molecule has 2 aromatic carbocycles. The van der Waals surface area contributed by atoms with Gasteiger partial charge in [0, 0.05) is 14.5 Å². The van der Waals surface area contributed by atoms with Crippen LogP contribution in [0.1, 0.15) is 5.56 Å². The van der Waals surface area contributed by atoms with Gasteiger partial charge in [-0.05, 0) is 52.3 Å². The van der Waals surface area contributed by atoms with Crippen molar-refractivity contribution in [3.05, 3.63) is 50.9 Å². The van der Waals surface area contributed by atoms with Crippen molar-refractivity contribution in [3.8, 4) is 11.5 Å². The van der Waals surface area contributed by atoms with Crippen LogP contribution in [0.2, 0.25) is 0 Å². The van der Waals surface area contributed by atoms with E-state index < -0.39 is 0 Å². The number of halogens is 2. The average molecular weight is 414 g/mol. The van der Waals surface area contributed by atoms with Crippen LogP contribution in [-0.2, 0) is 0 Å². The Morgan fingerprint density at radius 3 is 2.24 bits per heavy atom. The molecule has 0 radical (unpaired) electrons. The molecule has 2 aromatic rings. The lowest BCUT2D eigenvalue weighted by atomic mass is 10.2. The molecule has 0 spiro atoms. The number of ether oxygens (including phenoxy) is 2. The Kier molecular flexibility index (Phi) is 5.64. The summed E-state index contributed by atoms with van der Waals surface area (Å²) >= 11 is 6.88. The number of methoxy groups -OCH3 is 2. The standard InChI is InChI=1S/C15H14Br2N2O2/c1-20-14-7-10(13(17)8-15(14)21-2)9-18-19-12-5-3-11(16)4-6-12/h3-9,19H,1-2H3. The zero-order valence-corrected chi connectivity index (χ0v) is 14.7. The Labute approximate surface area is 140 Å². The minimum absolute atomic E-state index is 0.658. The predicted octanol–water partition coefficient (Wildman–Crippen LogP) is 4.67. The highest BCUT2D eigenvalue weighted by atomic mass is 79.9. The van der Waals surface area contributed by atoms with Crippen LogP contribution in [0.3, 0.4) is 0 Å². The summed E-state index contributed by atoms with van der Waals surface area (Å²) in [5, 5.41) is 4.22. The van der Waals surface area contributed by atoms with E-state index in [9.17, 15) is 0 Å². The molecule has 0 saturated carbocycles. The normalized spacial score (nSPS) is 10.7. The molecule has 0 saturated heterocycles. The van der Waals surface area contributed by atoms with Crippen molar-refractivity contribution in [2.45, 2.75) is 0 Å². The maximum atomic E-state index is 5.28. The van der Waals surface area contributed by atoms with Gasteiger partial charge in [0.05, 0.1) is 26.1 Å². The first kappa shape index (κ1) is 15.9. The number of benzene rings is 2. The largest absolute Gasteiger partial charge is 0.493 e. The van der Waals surface area contributed by atoms with Gasteiger partial charge in [-0.1, -0.05) is 15.9 Å². The molecular weight excluding hydrogens is 400 g/mol. The van der Waals surface area contributed by atoms with Crippen LogP contribution in [0.15, 0.2) is 50.4 Å². The van der Waals surface area contributed by atoms with Gasteiger partial charge < -0.3 is 9.47 Å². The van der Waals surface area contributed by atoms with Crippen molar-refractivity contribution in [2.75, 3.05) is 19.6 Å². The van der Waals surface area contributed by atoms with E-state index in [4.69, 9.17) is 9.47 Å². The fourth-order valence-electron chi connectivity index (χ4n) is 1.67. The smallest absolute Gasteiger partial charge is 0.161 e. The van der Waals surface area contributed by atoms with Crippen LogP contribution >= 0.6 is 31.9 Å². The average Bonchev–Trinajstić information content (AvgIpc) is 2.50. The van der Waals surface area contributed by atoms with Gasteiger partial charge in [0.25, 0.3) is 0 Å². The van der Waals surface area contributed by atoms with Gasteiger partial charge in [-0.3, -0.25) is 5.43 Å². The highest BCUT2D eigenvalue weighted by molar-refractivity contribution is 9.10. The van der Waals surface area contributed by atoms with Crippen LogP contribution in [0.4, 0.5) is 5.69 Å². The molecular formula is C15H14Br2N2O2. The topological polar surface area (TPSA) is 42.8 Å². The van der Waals surface area contributed by atoms with Gasteiger partial charge in [0.1, 0.15) is 0 Å². The first-order chi connectivity index (χ1) is 10.1. The van der Waals surface area contributed by atoms with E-state index in [0.717, 1.165) is 20.2 Å². The molecule has 0 aliphatic heterocycles. The molecule has 0 aliphatic rings. The summed E-state index contributed by atoms with van der Waals surface area (Å²) in [6, 6.07) is 11.5. The maximum Gasteiger partial charge on any atom is 0.161 e. The second-order valence-electron chi connectivity index (χ2n) is 4.11. The van der Waals surface area contributed by atoms with E-state index in [-0.39, 0.29) is 0 Å². The molecule has 0 atom stereocenters. The maximum absolute atomic E-state index is 5.28. The molecule has 0 heterocycles. The SMILES string of the molecule is COc1cc(Br)c(C=NNc2ccc(Br)cc2)cc1OC. The lowest BCUT2D eigenvalue weighted by molar-refractivity contribution is 0.354. The summed E-state index contributed by atoms with van der Waals surface area (Å²) in [6.45, 7) is 0. The number of nitrogens with one attached hydrogen (secondary N) is 1. The van der Waals surface area contributed by atoms with E-state index in [1.165, 1.54) is 0 Å². The Hall–Kier alpha value is -1.53. The molecule has 0 unspecified atom stereocenters. The van der Waals surface area contributed by atoms with Crippen LogP contribution in [-0.4, -0.2) is 20.4 Å².